The average molecular weight is 235 g/mol. The van der Waals surface area contributed by atoms with E-state index in [1.54, 1.807) is 0 Å². The summed E-state index contributed by atoms with van der Waals surface area (Å²) in [6, 6.07) is 8.83. The largest absolute Gasteiger partial charge is 0.494 e. The summed E-state index contributed by atoms with van der Waals surface area (Å²) in [5.74, 6) is 1.61. The minimum absolute atomic E-state index is 0.412. The Balaban J connectivity index is 2.83. The number of ether oxygens (including phenoxy) is 1. The van der Waals surface area contributed by atoms with Crippen molar-refractivity contribution in [1.29, 1.82) is 0 Å². The van der Waals surface area contributed by atoms with Crippen LogP contribution in [0.4, 0.5) is 0 Å². The molecule has 0 spiro atoms. The van der Waals surface area contributed by atoms with Crippen LogP contribution in [0.3, 0.4) is 0 Å². The van der Waals surface area contributed by atoms with Gasteiger partial charge in [0.15, 0.2) is 0 Å². The summed E-state index contributed by atoms with van der Waals surface area (Å²) in [7, 11) is 2.03. The molecule has 1 N–H and O–H groups in total. The highest BCUT2D eigenvalue weighted by Gasteiger charge is 2.16. The second-order valence-electron chi connectivity index (χ2n) is 4.54. The molecule has 0 aliphatic heterocycles. The van der Waals surface area contributed by atoms with E-state index in [1.807, 2.05) is 20.0 Å². The Hall–Kier alpha value is -1.02. The van der Waals surface area contributed by atoms with Gasteiger partial charge < -0.3 is 10.1 Å². The lowest BCUT2D eigenvalue weighted by atomic mass is 9.91. The van der Waals surface area contributed by atoms with E-state index in [0.29, 0.717) is 12.0 Å². The highest BCUT2D eigenvalue weighted by molar-refractivity contribution is 5.30. The predicted molar refractivity (Wildman–Crippen MR) is 73.5 cm³/mol. The third-order valence-electron chi connectivity index (χ3n) is 3.15. The molecule has 0 radical (unpaired) electrons. The fourth-order valence-electron chi connectivity index (χ4n) is 2.37. The summed E-state index contributed by atoms with van der Waals surface area (Å²) >= 11 is 0. The van der Waals surface area contributed by atoms with Crippen molar-refractivity contribution >= 4 is 0 Å². The number of nitrogens with one attached hydrogen (secondary N) is 1. The molecular formula is C15H25NO. The Labute approximate surface area is 105 Å². The van der Waals surface area contributed by atoms with Crippen LogP contribution < -0.4 is 10.1 Å². The van der Waals surface area contributed by atoms with Crippen LogP contribution in [-0.2, 0) is 0 Å². The molecule has 0 aliphatic carbocycles. The van der Waals surface area contributed by atoms with Gasteiger partial charge in [-0.25, -0.2) is 0 Å². The Morgan fingerprint density at radius 3 is 2.65 bits per heavy atom. The average Bonchev–Trinajstić information content (AvgIpc) is 2.31. The number of hydrogen-bond donors (Lipinski definition) is 1. The maximum absolute atomic E-state index is 5.55. The molecule has 0 aliphatic rings. The van der Waals surface area contributed by atoms with Crippen molar-refractivity contribution in [3.05, 3.63) is 29.8 Å². The van der Waals surface area contributed by atoms with Gasteiger partial charge in [0.2, 0.25) is 0 Å². The number of hydrogen-bond acceptors (Lipinski definition) is 2. The molecule has 2 unspecified atom stereocenters. The summed E-state index contributed by atoms with van der Waals surface area (Å²) in [6.45, 7) is 7.28. The third kappa shape index (κ3) is 4.04. The molecule has 1 aromatic carbocycles. The van der Waals surface area contributed by atoms with Gasteiger partial charge >= 0.3 is 0 Å². The molecule has 1 aromatic rings. The minimum Gasteiger partial charge on any atom is -0.494 e. The lowest BCUT2D eigenvalue weighted by molar-refractivity contribution is 0.337. The van der Waals surface area contributed by atoms with Crippen molar-refractivity contribution in [2.24, 2.45) is 5.92 Å². The second-order valence-corrected chi connectivity index (χ2v) is 4.54. The Morgan fingerprint density at radius 2 is 2.06 bits per heavy atom. The van der Waals surface area contributed by atoms with E-state index in [1.165, 1.54) is 18.4 Å². The summed E-state index contributed by atoms with van der Waals surface area (Å²) in [5, 5.41) is 3.42. The van der Waals surface area contributed by atoms with Crippen LogP contribution in [0.15, 0.2) is 24.3 Å². The summed E-state index contributed by atoms with van der Waals surface area (Å²) < 4.78 is 5.55. The Kier molecular flexibility index (Phi) is 6.06. The summed E-state index contributed by atoms with van der Waals surface area (Å²) in [6.07, 6.45) is 2.47. The van der Waals surface area contributed by atoms with Crippen molar-refractivity contribution < 1.29 is 4.74 Å². The van der Waals surface area contributed by atoms with Gasteiger partial charge in [0.25, 0.3) is 0 Å². The van der Waals surface area contributed by atoms with E-state index >= 15 is 0 Å². The van der Waals surface area contributed by atoms with Crippen LogP contribution in [0, 0.1) is 5.92 Å². The molecule has 2 nitrogen and oxygen atoms in total. The molecular weight excluding hydrogens is 210 g/mol. The lowest BCUT2D eigenvalue weighted by Crippen LogP contribution is -2.23. The zero-order chi connectivity index (χ0) is 12.7. The fourth-order valence-corrected chi connectivity index (χ4v) is 2.37. The highest BCUT2D eigenvalue weighted by Crippen LogP contribution is 2.27. The maximum atomic E-state index is 5.55. The Morgan fingerprint density at radius 1 is 1.29 bits per heavy atom. The maximum Gasteiger partial charge on any atom is 0.119 e. The van der Waals surface area contributed by atoms with Crippen LogP contribution in [0.25, 0.3) is 0 Å². The summed E-state index contributed by atoms with van der Waals surface area (Å²) in [5.41, 5.74) is 1.32. The zero-order valence-corrected chi connectivity index (χ0v) is 11.5. The van der Waals surface area contributed by atoms with Gasteiger partial charge in [0, 0.05) is 6.04 Å². The minimum atomic E-state index is 0.412. The van der Waals surface area contributed by atoms with Gasteiger partial charge in [-0.3, -0.25) is 0 Å². The van der Waals surface area contributed by atoms with Crippen molar-refractivity contribution in [3.8, 4) is 5.75 Å². The third-order valence-corrected chi connectivity index (χ3v) is 3.15. The van der Waals surface area contributed by atoms with Crippen molar-refractivity contribution in [2.75, 3.05) is 13.7 Å². The predicted octanol–water partition coefficient (Wildman–Crippen LogP) is 3.78. The van der Waals surface area contributed by atoms with Crippen LogP contribution in [0.5, 0.6) is 5.75 Å². The normalized spacial score (nSPS) is 14.4. The molecule has 0 saturated heterocycles. The molecule has 96 valence electrons. The van der Waals surface area contributed by atoms with Crippen molar-refractivity contribution in [3.63, 3.8) is 0 Å². The van der Waals surface area contributed by atoms with Crippen LogP contribution >= 0.6 is 0 Å². The SMILES string of the molecule is CCCC(C)C(NC)c1cccc(OCC)c1. The standard InChI is InChI=1S/C15H25NO/c1-5-8-12(3)15(16-4)13-9-7-10-14(11-13)17-6-2/h7,9-12,15-16H,5-6,8H2,1-4H3. The first-order valence-electron chi connectivity index (χ1n) is 6.62. The number of benzene rings is 1. The molecule has 1 rings (SSSR count). The monoisotopic (exact) mass is 235 g/mol. The van der Waals surface area contributed by atoms with Gasteiger partial charge in [0.05, 0.1) is 6.61 Å². The van der Waals surface area contributed by atoms with Crippen molar-refractivity contribution in [1.82, 2.24) is 5.32 Å². The van der Waals surface area contributed by atoms with Crippen molar-refractivity contribution in [2.45, 2.75) is 39.7 Å². The highest BCUT2D eigenvalue weighted by atomic mass is 16.5. The van der Waals surface area contributed by atoms with Crippen LogP contribution in [0.2, 0.25) is 0 Å². The smallest absolute Gasteiger partial charge is 0.119 e. The lowest BCUT2D eigenvalue weighted by Gasteiger charge is -2.24. The van der Waals surface area contributed by atoms with E-state index < -0.39 is 0 Å². The topological polar surface area (TPSA) is 21.3 Å². The van der Waals surface area contributed by atoms with E-state index in [-0.39, 0.29) is 0 Å². The van der Waals surface area contributed by atoms with E-state index in [9.17, 15) is 0 Å². The molecule has 0 saturated carbocycles. The van der Waals surface area contributed by atoms with E-state index in [4.69, 9.17) is 4.74 Å². The van der Waals surface area contributed by atoms with Crippen LogP contribution in [-0.4, -0.2) is 13.7 Å². The van der Waals surface area contributed by atoms with Gasteiger partial charge in [0.1, 0.15) is 5.75 Å². The second kappa shape index (κ2) is 7.33. The molecule has 0 heterocycles. The van der Waals surface area contributed by atoms with Gasteiger partial charge in [-0.15, -0.1) is 0 Å². The molecule has 2 heteroatoms. The van der Waals surface area contributed by atoms with Crippen LogP contribution in [0.1, 0.15) is 45.2 Å². The molecule has 0 aromatic heterocycles. The first kappa shape index (κ1) is 14.0. The van der Waals surface area contributed by atoms with Gasteiger partial charge in [-0.05, 0) is 44.0 Å². The van der Waals surface area contributed by atoms with E-state index in [0.717, 1.165) is 12.4 Å². The fraction of sp³-hybridized carbons (Fsp3) is 0.600. The molecule has 2 atom stereocenters. The van der Waals surface area contributed by atoms with E-state index in [2.05, 4.69) is 37.4 Å². The molecule has 0 bridgehead atoms. The first-order valence-corrected chi connectivity index (χ1v) is 6.62. The quantitative estimate of drug-likeness (QED) is 0.776. The zero-order valence-electron chi connectivity index (χ0n) is 11.5. The van der Waals surface area contributed by atoms with Gasteiger partial charge in [-0.2, -0.15) is 0 Å². The summed E-state index contributed by atoms with van der Waals surface area (Å²) in [4.78, 5) is 0. The molecule has 17 heavy (non-hydrogen) atoms. The Bertz CT molecular complexity index is 324. The first-order chi connectivity index (χ1) is 8.22. The molecule has 0 amide bonds. The number of rotatable bonds is 7. The van der Waals surface area contributed by atoms with Gasteiger partial charge in [-0.1, -0.05) is 32.4 Å². The molecule has 0 fully saturated rings.